The van der Waals surface area contributed by atoms with E-state index in [-0.39, 0.29) is 41.2 Å². The Morgan fingerprint density at radius 1 is 0.864 bits per heavy atom. The van der Waals surface area contributed by atoms with E-state index in [0.29, 0.717) is 48.6 Å². The summed E-state index contributed by atoms with van der Waals surface area (Å²) in [6.07, 6.45) is 15.1. The van der Waals surface area contributed by atoms with Gasteiger partial charge in [-0.2, -0.15) is 0 Å². The first-order chi connectivity index (χ1) is 42.4. The Morgan fingerprint density at radius 3 is 2.43 bits per heavy atom. The van der Waals surface area contributed by atoms with E-state index in [1.54, 1.807) is 42.6 Å². The van der Waals surface area contributed by atoms with Crippen molar-refractivity contribution >= 4 is 84.8 Å². The van der Waals surface area contributed by atoms with Crippen molar-refractivity contribution in [1.29, 1.82) is 0 Å². The molecule has 5 aliphatic rings. The number of likely N-dealkylation sites (tertiary alicyclic amines) is 1. The van der Waals surface area contributed by atoms with Gasteiger partial charge < -0.3 is 24.8 Å². The summed E-state index contributed by atoms with van der Waals surface area (Å²) in [6, 6.07) is 24.7. The van der Waals surface area contributed by atoms with Crippen LogP contribution in [0.25, 0.3) is 16.6 Å². The minimum Gasteiger partial charge on any atom is -0.455 e. The van der Waals surface area contributed by atoms with E-state index in [4.69, 9.17) is 16.3 Å². The number of halogens is 1. The number of nitrogens with one attached hydrogen (secondary N) is 4. The van der Waals surface area contributed by atoms with Gasteiger partial charge in [0.2, 0.25) is 11.8 Å². The predicted molar refractivity (Wildman–Crippen MR) is 337 cm³/mol. The van der Waals surface area contributed by atoms with Crippen LogP contribution >= 0.6 is 11.6 Å². The van der Waals surface area contributed by atoms with Crippen molar-refractivity contribution < 1.29 is 42.1 Å². The molecule has 11 rings (SSSR count). The molecule has 0 saturated carbocycles. The van der Waals surface area contributed by atoms with Crippen molar-refractivity contribution in [3.8, 4) is 11.5 Å². The molecule has 2 unspecified atom stereocenters. The lowest BCUT2D eigenvalue weighted by Crippen LogP contribution is -2.54. The topological polar surface area (TPSA) is 250 Å². The third kappa shape index (κ3) is 14.3. The van der Waals surface area contributed by atoms with Gasteiger partial charge in [-0.3, -0.25) is 49.2 Å². The van der Waals surface area contributed by atoms with Gasteiger partial charge in [-0.1, -0.05) is 81.0 Å². The standard InChI is InChI=1S/C66H75ClN10O10S/c1-66(2)27-25-47(54(38-66)44-15-17-48(67)18-16-44)42-74-31-33-75(34-32-74)49-19-21-52(58(36-49)87-50-35-46-26-28-68-61(46)70-40-50)62(79)72-88(85,86)51-20-22-55(57(37-51)77(83)84)69-39-43-11-10-30-73(41-43)29-8-6-4-3-5-7-12-45-13-9-14-53-60(45)65(82)76(64(53)81)56-23-24-59(78)71-63(56)80/h9,13-22,26,28,35-37,40,43,56,69H,3-8,10-12,23-25,27,29-34,38-39,41-42H2,1-2H3,(H,68,70)(H,72,79)(H,71,78,80). The summed E-state index contributed by atoms with van der Waals surface area (Å²) >= 11 is 6.28. The summed E-state index contributed by atoms with van der Waals surface area (Å²) in [6.45, 7) is 11.7. The van der Waals surface area contributed by atoms with Crippen LogP contribution < -0.4 is 25.0 Å². The zero-order chi connectivity index (χ0) is 61.7. The Balaban J connectivity index is 0.665. The predicted octanol–water partition coefficient (Wildman–Crippen LogP) is 10.9. The lowest BCUT2D eigenvalue weighted by Gasteiger charge is -2.39. The number of imide groups is 2. The van der Waals surface area contributed by atoms with Gasteiger partial charge in [0.1, 0.15) is 28.9 Å². The number of hydrogen-bond acceptors (Lipinski definition) is 15. The molecule has 4 N–H and O–H groups in total. The molecule has 0 bridgehead atoms. The fourth-order valence-electron chi connectivity index (χ4n) is 13.1. The van der Waals surface area contributed by atoms with Crippen molar-refractivity contribution in [3.05, 3.63) is 152 Å². The van der Waals surface area contributed by atoms with E-state index in [1.165, 1.54) is 35.0 Å². The minimum atomic E-state index is -4.63. The molecule has 462 valence electrons. The third-order valence-corrected chi connectivity index (χ3v) is 19.5. The number of piperidine rings is 2. The maximum absolute atomic E-state index is 14.2. The van der Waals surface area contributed by atoms with Gasteiger partial charge in [0.15, 0.2) is 0 Å². The quantitative estimate of drug-likeness (QED) is 0.0202. The number of aryl methyl sites for hydroxylation is 1. The van der Waals surface area contributed by atoms with E-state index < -0.39 is 61.1 Å². The number of ether oxygens (including phenoxy) is 1. The second-order valence-electron chi connectivity index (χ2n) is 24.8. The fraction of sp³-hybridized carbons (Fsp3) is 0.424. The number of nitro benzene ring substituents is 1. The molecule has 0 radical (unpaired) electrons. The number of rotatable bonds is 23. The number of carbonyl (C=O) groups excluding carboxylic acids is 5. The average molecular weight is 1240 g/mol. The molecule has 6 heterocycles. The number of aromatic amines is 1. The number of H-pyrrole nitrogens is 1. The smallest absolute Gasteiger partial charge is 0.293 e. The average Bonchev–Trinajstić information content (AvgIpc) is 1.68. The lowest BCUT2D eigenvalue weighted by molar-refractivity contribution is -0.384. The fourth-order valence-corrected chi connectivity index (χ4v) is 14.2. The van der Waals surface area contributed by atoms with Gasteiger partial charge >= 0.3 is 0 Å². The van der Waals surface area contributed by atoms with Gasteiger partial charge in [-0.25, -0.2) is 18.1 Å². The van der Waals surface area contributed by atoms with Crippen LogP contribution in [-0.4, -0.2) is 132 Å². The summed E-state index contributed by atoms with van der Waals surface area (Å²) in [5.74, 6) is -2.33. The maximum atomic E-state index is 14.2. The summed E-state index contributed by atoms with van der Waals surface area (Å²) < 4.78 is 36.6. The Kier molecular flexibility index (Phi) is 18.8. The molecule has 22 heteroatoms. The first-order valence-electron chi connectivity index (χ1n) is 30.7. The van der Waals surface area contributed by atoms with Crippen molar-refractivity contribution in [3.63, 3.8) is 0 Å². The van der Waals surface area contributed by atoms with Crippen LogP contribution in [0.4, 0.5) is 17.1 Å². The Hall–Kier alpha value is -7.98. The molecule has 3 fully saturated rings. The molecule has 4 aliphatic heterocycles. The van der Waals surface area contributed by atoms with Crippen molar-refractivity contribution in [1.82, 2.24) is 34.7 Å². The molecule has 5 amide bonds. The van der Waals surface area contributed by atoms with Gasteiger partial charge in [0.05, 0.1) is 32.7 Å². The summed E-state index contributed by atoms with van der Waals surface area (Å²) in [5.41, 5.74) is 6.86. The number of pyridine rings is 1. The second-order valence-corrected chi connectivity index (χ2v) is 26.9. The van der Waals surface area contributed by atoms with Crippen LogP contribution in [0.15, 0.2) is 114 Å². The molecule has 4 aromatic carbocycles. The zero-order valence-corrected chi connectivity index (χ0v) is 51.4. The van der Waals surface area contributed by atoms with E-state index in [2.05, 4.69) is 66.0 Å². The highest BCUT2D eigenvalue weighted by atomic mass is 35.5. The highest BCUT2D eigenvalue weighted by Gasteiger charge is 2.45. The molecule has 2 atom stereocenters. The summed E-state index contributed by atoms with van der Waals surface area (Å²) in [7, 11) is -4.63. The lowest BCUT2D eigenvalue weighted by atomic mass is 9.72. The van der Waals surface area contributed by atoms with Crippen molar-refractivity contribution in [2.24, 2.45) is 11.3 Å². The number of aromatic nitrogens is 2. The highest BCUT2D eigenvalue weighted by Crippen LogP contribution is 2.44. The van der Waals surface area contributed by atoms with Gasteiger partial charge in [0, 0.05) is 86.7 Å². The number of unbranched alkanes of at least 4 members (excludes halogenated alkanes) is 5. The van der Waals surface area contributed by atoms with Crippen LogP contribution in [-0.2, 0) is 26.0 Å². The molecule has 2 aromatic heterocycles. The summed E-state index contributed by atoms with van der Waals surface area (Å²) in [5, 5.41) is 19.5. The number of amides is 5. The number of benzene rings is 4. The van der Waals surface area contributed by atoms with Crippen LogP contribution in [0, 0.1) is 21.4 Å². The number of anilines is 2. The van der Waals surface area contributed by atoms with E-state index >= 15 is 0 Å². The molecular weight excluding hydrogens is 1160 g/mol. The van der Waals surface area contributed by atoms with Crippen molar-refractivity contribution in [2.45, 2.75) is 115 Å². The van der Waals surface area contributed by atoms with Crippen LogP contribution in [0.3, 0.4) is 0 Å². The number of piperazine rings is 1. The number of nitro groups is 1. The number of fused-ring (bicyclic) bond motifs is 2. The minimum absolute atomic E-state index is 0.0556. The summed E-state index contributed by atoms with van der Waals surface area (Å²) in [4.78, 5) is 92.3. The first kappa shape index (κ1) is 61.7. The number of hydrogen-bond donors (Lipinski definition) is 4. The number of sulfonamides is 1. The Labute approximate surface area is 517 Å². The molecular formula is C66H75ClN10O10S. The third-order valence-electron chi connectivity index (χ3n) is 18.0. The second kappa shape index (κ2) is 26.8. The Morgan fingerprint density at radius 2 is 1.65 bits per heavy atom. The molecule has 88 heavy (non-hydrogen) atoms. The van der Waals surface area contributed by atoms with Gasteiger partial charge in [-0.15, -0.1) is 0 Å². The van der Waals surface area contributed by atoms with Crippen molar-refractivity contribution in [2.75, 3.05) is 69.1 Å². The maximum Gasteiger partial charge on any atom is 0.293 e. The van der Waals surface area contributed by atoms with Crippen LogP contribution in [0.2, 0.25) is 5.02 Å². The molecule has 3 saturated heterocycles. The normalized spacial score (nSPS) is 19.3. The molecule has 20 nitrogen and oxygen atoms in total. The zero-order valence-electron chi connectivity index (χ0n) is 49.8. The monoisotopic (exact) mass is 1230 g/mol. The Bertz CT molecular complexity index is 3800. The van der Waals surface area contributed by atoms with Gasteiger partial charge in [0.25, 0.3) is 33.4 Å². The van der Waals surface area contributed by atoms with Crippen LogP contribution in [0.1, 0.15) is 140 Å². The SMILES string of the molecule is CC1(C)CCC(CN2CCN(c3ccc(C(=O)NS(=O)(=O)c4ccc(NCC5CCCN(CCCCCCCCc6cccc7c6C(=O)N(C6CCC(=O)NC6=O)C7=O)C5)c([N+](=O)[O-])c4)c(Oc4cnc5[nH]ccc5c4)c3)CC2)=C(c2ccc(Cl)cc2)C1. The van der Waals surface area contributed by atoms with E-state index in [0.717, 1.165) is 143 Å². The molecule has 0 spiro atoms. The van der Waals surface area contributed by atoms with E-state index in [9.17, 15) is 42.5 Å². The van der Waals surface area contributed by atoms with Crippen LogP contribution in [0.5, 0.6) is 11.5 Å². The molecule has 1 aliphatic carbocycles. The number of carbonyl (C=O) groups is 5. The van der Waals surface area contributed by atoms with E-state index in [1.807, 2.05) is 24.3 Å². The number of allylic oxidation sites excluding steroid dienone is 1. The largest absolute Gasteiger partial charge is 0.455 e. The first-order valence-corrected chi connectivity index (χ1v) is 32.6. The van der Waals surface area contributed by atoms with Gasteiger partial charge in [-0.05, 0) is 154 Å². The molecule has 6 aromatic rings. The highest BCUT2D eigenvalue weighted by molar-refractivity contribution is 7.90. The number of nitrogens with zero attached hydrogens (tertiary/aromatic N) is 6.